The average molecular weight is 578 g/mol. The SMILES string of the molecule is CCCCCCCc1ccc2c(c1)Cc1cc(OCCCCCC)ccc1C21CC(c2cccs2)=NC2=C1CCC=C2. The lowest BCUT2D eigenvalue weighted by Crippen LogP contribution is -2.40. The highest BCUT2D eigenvalue weighted by Gasteiger charge is 2.47. The summed E-state index contributed by atoms with van der Waals surface area (Å²) in [7, 11) is 0. The van der Waals surface area contributed by atoms with Gasteiger partial charge in [-0.3, -0.25) is 4.99 Å². The highest BCUT2D eigenvalue weighted by molar-refractivity contribution is 7.12. The molecule has 1 atom stereocenters. The summed E-state index contributed by atoms with van der Waals surface area (Å²) >= 11 is 1.82. The van der Waals surface area contributed by atoms with Crippen molar-refractivity contribution in [1.29, 1.82) is 0 Å². The van der Waals surface area contributed by atoms with Gasteiger partial charge in [0.05, 0.1) is 18.0 Å². The number of allylic oxidation sites excluding steroid dienone is 3. The number of aryl methyl sites for hydroxylation is 1. The third kappa shape index (κ3) is 5.95. The first-order valence-electron chi connectivity index (χ1n) is 16.6. The van der Waals surface area contributed by atoms with Crippen molar-refractivity contribution in [2.45, 2.75) is 109 Å². The van der Waals surface area contributed by atoms with Crippen LogP contribution in [0.1, 0.15) is 124 Å². The fourth-order valence-corrected chi connectivity index (χ4v) is 8.14. The fraction of sp³-hybridized carbons (Fsp3) is 0.462. The lowest BCUT2D eigenvalue weighted by molar-refractivity contribution is 0.304. The van der Waals surface area contributed by atoms with Crippen LogP contribution in [0.3, 0.4) is 0 Å². The van der Waals surface area contributed by atoms with Gasteiger partial charge in [0.2, 0.25) is 0 Å². The molecule has 6 rings (SSSR count). The summed E-state index contributed by atoms with van der Waals surface area (Å²) < 4.78 is 6.33. The van der Waals surface area contributed by atoms with E-state index in [2.05, 4.69) is 79.9 Å². The van der Waals surface area contributed by atoms with Gasteiger partial charge in [-0.05, 0) is 102 Å². The van der Waals surface area contributed by atoms with Gasteiger partial charge >= 0.3 is 0 Å². The Labute approximate surface area is 257 Å². The topological polar surface area (TPSA) is 21.6 Å². The van der Waals surface area contributed by atoms with E-state index in [4.69, 9.17) is 9.73 Å². The Balaban J connectivity index is 1.40. The maximum absolute atomic E-state index is 6.33. The molecule has 1 unspecified atom stereocenters. The molecule has 1 aliphatic heterocycles. The van der Waals surface area contributed by atoms with Crippen LogP contribution in [0, 0.1) is 0 Å². The molecule has 0 fully saturated rings. The first-order valence-corrected chi connectivity index (χ1v) is 17.5. The number of ether oxygens (including phenoxy) is 1. The van der Waals surface area contributed by atoms with Crippen molar-refractivity contribution in [3.05, 3.63) is 110 Å². The summed E-state index contributed by atoms with van der Waals surface area (Å²) in [6.45, 7) is 5.36. The third-order valence-electron chi connectivity index (χ3n) is 9.54. The molecule has 0 N–H and O–H groups in total. The van der Waals surface area contributed by atoms with Crippen LogP contribution in [-0.2, 0) is 18.3 Å². The molecule has 0 amide bonds. The van der Waals surface area contributed by atoms with Crippen molar-refractivity contribution in [2.24, 2.45) is 4.99 Å². The highest BCUT2D eigenvalue weighted by atomic mass is 32.1. The van der Waals surface area contributed by atoms with Gasteiger partial charge in [0.15, 0.2) is 0 Å². The number of unbranched alkanes of at least 4 members (excludes halogenated alkanes) is 7. The second-order valence-electron chi connectivity index (χ2n) is 12.5. The highest BCUT2D eigenvalue weighted by Crippen LogP contribution is 2.55. The third-order valence-corrected chi connectivity index (χ3v) is 10.5. The lowest BCUT2D eigenvalue weighted by Gasteiger charge is -2.46. The van der Waals surface area contributed by atoms with Crippen molar-refractivity contribution in [2.75, 3.05) is 6.61 Å². The summed E-state index contributed by atoms with van der Waals surface area (Å²) in [6, 6.07) is 18.9. The van der Waals surface area contributed by atoms with E-state index in [9.17, 15) is 0 Å². The molecule has 3 aliphatic rings. The van der Waals surface area contributed by atoms with E-state index in [0.717, 1.165) is 44.5 Å². The molecule has 3 aromatic rings. The number of aliphatic imine (C=N–C) groups is 1. The van der Waals surface area contributed by atoms with Gasteiger partial charge in [-0.15, -0.1) is 11.3 Å². The van der Waals surface area contributed by atoms with Gasteiger partial charge in [-0.2, -0.15) is 0 Å². The molecule has 0 bridgehead atoms. The quantitative estimate of drug-likeness (QED) is 0.185. The van der Waals surface area contributed by atoms with Gasteiger partial charge < -0.3 is 4.74 Å². The Kier molecular flexibility index (Phi) is 9.44. The largest absolute Gasteiger partial charge is 0.494 e. The molecule has 2 aromatic carbocycles. The number of hydrogen-bond donors (Lipinski definition) is 0. The van der Waals surface area contributed by atoms with E-state index in [1.807, 2.05) is 11.3 Å². The van der Waals surface area contributed by atoms with Gasteiger partial charge in [-0.25, -0.2) is 0 Å². The summed E-state index contributed by atoms with van der Waals surface area (Å²) in [5.41, 5.74) is 11.1. The summed E-state index contributed by atoms with van der Waals surface area (Å²) in [5.74, 6) is 1.02. The van der Waals surface area contributed by atoms with Crippen LogP contribution in [0.4, 0.5) is 0 Å². The normalized spacial score (nSPS) is 19.0. The van der Waals surface area contributed by atoms with Crippen LogP contribution in [-0.4, -0.2) is 12.3 Å². The van der Waals surface area contributed by atoms with Gasteiger partial charge in [0.1, 0.15) is 5.75 Å². The van der Waals surface area contributed by atoms with Crippen LogP contribution < -0.4 is 4.74 Å². The van der Waals surface area contributed by atoms with Crippen molar-refractivity contribution in [1.82, 2.24) is 0 Å². The number of hydrogen-bond acceptors (Lipinski definition) is 3. The first kappa shape index (κ1) is 29.2. The van der Waals surface area contributed by atoms with Crippen LogP contribution in [0.15, 0.2) is 82.3 Å². The van der Waals surface area contributed by atoms with Crippen molar-refractivity contribution in [3.8, 4) is 5.75 Å². The Morgan fingerprint density at radius 3 is 2.45 bits per heavy atom. The van der Waals surface area contributed by atoms with Gasteiger partial charge in [-0.1, -0.05) is 95.2 Å². The molecule has 2 nitrogen and oxygen atoms in total. The Hall–Kier alpha value is -2.91. The number of nitrogens with zero attached hydrogens (tertiary/aromatic N) is 1. The Bertz CT molecular complexity index is 1390. The molecule has 3 heteroatoms. The van der Waals surface area contributed by atoms with E-state index in [1.165, 1.54) is 107 Å². The molecule has 1 spiro atoms. The number of fused-ring (bicyclic) bond motifs is 5. The monoisotopic (exact) mass is 577 g/mol. The lowest BCUT2D eigenvalue weighted by atomic mass is 9.57. The molecule has 0 saturated carbocycles. The minimum absolute atomic E-state index is 0.177. The number of benzene rings is 2. The Morgan fingerprint density at radius 1 is 0.857 bits per heavy atom. The maximum atomic E-state index is 6.33. The van der Waals surface area contributed by atoms with E-state index >= 15 is 0 Å². The number of thiophene rings is 1. The smallest absolute Gasteiger partial charge is 0.119 e. The van der Waals surface area contributed by atoms with Crippen molar-refractivity contribution in [3.63, 3.8) is 0 Å². The van der Waals surface area contributed by atoms with Crippen LogP contribution >= 0.6 is 11.3 Å². The molecule has 1 aromatic heterocycles. The fourth-order valence-electron chi connectivity index (χ4n) is 7.42. The zero-order valence-corrected chi connectivity index (χ0v) is 26.5. The molecular weight excluding hydrogens is 531 g/mol. The zero-order valence-electron chi connectivity index (χ0n) is 25.7. The standard InChI is InChI=1S/C39H47NOS/c1-3-5-7-9-10-15-29-19-21-33-30(25-29)26-31-27-32(41-23-13-8-6-4-2)20-22-34(31)39(33)28-37(38-18-14-24-42-38)40-36-17-12-11-16-35(36)39/h12,14,17-22,24-25,27H,3-11,13,15-16,23,26,28H2,1-2H3. The zero-order chi connectivity index (χ0) is 28.8. The van der Waals surface area contributed by atoms with Crippen LogP contribution in [0.5, 0.6) is 5.75 Å². The summed E-state index contributed by atoms with van der Waals surface area (Å²) in [5, 5.41) is 2.19. The van der Waals surface area contributed by atoms with E-state index in [1.54, 1.807) is 0 Å². The number of rotatable bonds is 13. The van der Waals surface area contributed by atoms with Crippen molar-refractivity contribution < 1.29 is 4.74 Å². The van der Waals surface area contributed by atoms with E-state index < -0.39 is 0 Å². The average Bonchev–Trinajstić information content (AvgIpc) is 3.56. The summed E-state index contributed by atoms with van der Waals surface area (Å²) in [6.07, 6.45) is 21.4. The second-order valence-corrected chi connectivity index (χ2v) is 13.4. The minimum Gasteiger partial charge on any atom is -0.494 e. The van der Waals surface area contributed by atoms with E-state index in [0.29, 0.717) is 0 Å². The molecule has 0 saturated heterocycles. The van der Waals surface area contributed by atoms with Crippen molar-refractivity contribution >= 4 is 17.0 Å². The molecule has 42 heavy (non-hydrogen) atoms. The molecule has 2 aliphatic carbocycles. The molecule has 0 radical (unpaired) electrons. The minimum atomic E-state index is -0.177. The van der Waals surface area contributed by atoms with Crippen LogP contribution in [0.2, 0.25) is 0 Å². The van der Waals surface area contributed by atoms with Gasteiger partial charge in [0.25, 0.3) is 0 Å². The first-order chi connectivity index (χ1) is 20.7. The molecular formula is C39H47NOS. The predicted octanol–water partition coefficient (Wildman–Crippen LogP) is 10.9. The second kappa shape index (κ2) is 13.6. The Morgan fingerprint density at radius 2 is 1.64 bits per heavy atom. The van der Waals surface area contributed by atoms with Gasteiger partial charge in [0, 0.05) is 16.7 Å². The predicted molar refractivity (Wildman–Crippen MR) is 179 cm³/mol. The maximum Gasteiger partial charge on any atom is 0.119 e. The van der Waals surface area contributed by atoms with Crippen LogP contribution in [0.25, 0.3) is 0 Å². The molecule has 2 heterocycles. The summed E-state index contributed by atoms with van der Waals surface area (Å²) in [4.78, 5) is 6.60. The van der Waals surface area contributed by atoms with E-state index in [-0.39, 0.29) is 5.41 Å². The molecule has 220 valence electrons.